The monoisotopic (exact) mass is 661 g/mol. The molecule has 0 bridgehead atoms. The zero-order valence-electron chi connectivity index (χ0n) is 25.9. The maximum atomic E-state index is 14.4. The summed E-state index contributed by atoms with van der Waals surface area (Å²) >= 11 is 3.56. The summed E-state index contributed by atoms with van der Waals surface area (Å²) in [4.78, 5) is 0.0498. The normalized spacial score (nSPS) is 18.1. The Morgan fingerprint density at radius 2 is 1.40 bits per heavy atom. The number of aryl methyl sites for hydroxylation is 4. The minimum absolute atomic E-state index is 0. The van der Waals surface area contributed by atoms with Gasteiger partial charge in [0.1, 0.15) is 17.9 Å². The molecule has 5 nitrogen and oxygen atoms in total. The fourth-order valence-electron chi connectivity index (χ4n) is 4.37. The SMILES string of the molecule is Cc1cc(CCC2(F)CCOCC2)cc(C)c1Br.Cc1ccc(S(=O)(=O)OCC2(F)CCOCC2)cc1.[2H]CF.[H-].[Na+]. The number of ether oxygens (including phenoxy) is 2. The summed E-state index contributed by atoms with van der Waals surface area (Å²) < 4.78 is 84.3. The Balaban J connectivity index is 0.000000702. The molecule has 2 heterocycles. The molecule has 40 heavy (non-hydrogen) atoms. The van der Waals surface area contributed by atoms with Crippen molar-refractivity contribution in [3.8, 4) is 0 Å². The molecule has 2 fully saturated rings. The van der Waals surface area contributed by atoms with Crippen LogP contribution in [0.3, 0.4) is 0 Å². The van der Waals surface area contributed by atoms with Gasteiger partial charge in [-0.2, -0.15) is 8.42 Å². The van der Waals surface area contributed by atoms with Crippen molar-refractivity contribution in [2.24, 2.45) is 0 Å². The summed E-state index contributed by atoms with van der Waals surface area (Å²) in [6.07, 6.45) is 2.83. The van der Waals surface area contributed by atoms with Gasteiger partial charge < -0.3 is 10.9 Å². The first-order valence-corrected chi connectivity index (χ1v) is 15.1. The van der Waals surface area contributed by atoms with Crippen molar-refractivity contribution in [3.05, 3.63) is 63.1 Å². The van der Waals surface area contributed by atoms with Crippen LogP contribution in [-0.4, -0.2) is 59.9 Å². The van der Waals surface area contributed by atoms with Crippen LogP contribution in [0.15, 0.2) is 45.8 Å². The molecular formula is C29H41BrF3NaO5S. The van der Waals surface area contributed by atoms with Crippen LogP contribution >= 0.6 is 15.9 Å². The van der Waals surface area contributed by atoms with Crippen molar-refractivity contribution in [2.75, 3.05) is 40.2 Å². The largest absolute Gasteiger partial charge is 1.00 e. The Bertz CT molecular complexity index is 1140. The molecule has 0 amide bonds. The summed E-state index contributed by atoms with van der Waals surface area (Å²) in [5.41, 5.74) is 2.00. The number of hydrogen-bond donors (Lipinski definition) is 0. The Morgan fingerprint density at radius 3 is 1.88 bits per heavy atom. The second-order valence-electron chi connectivity index (χ2n) is 10.1. The van der Waals surface area contributed by atoms with Gasteiger partial charge in [-0.15, -0.1) is 0 Å². The van der Waals surface area contributed by atoms with Crippen LogP contribution in [0.5, 0.6) is 0 Å². The number of hydrogen-bond acceptors (Lipinski definition) is 5. The van der Waals surface area contributed by atoms with Gasteiger partial charge in [0, 0.05) is 56.6 Å². The number of rotatable bonds is 7. The standard InChI is InChI=1S/C15H20BrFO.C13H17FO4S.CH3F.Na.H/c1-11-9-13(10-12(2)14(11)16)3-4-15(17)5-7-18-8-6-15;1-11-2-4-12(5-3-11)19(15,16)18-10-13(14)6-8-17-9-7-13;1-2;;/h9-10H,3-8H2,1-2H3;2-5H,6-10H2,1H3;1H3;;/q;;;+1;-1/i;;1D;;. The van der Waals surface area contributed by atoms with E-state index in [9.17, 15) is 21.6 Å². The van der Waals surface area contributed by atoms with Crippen LogP contribution in [0.4, 0.5) is 13.2 Å². The average molecular weight is 663 g/mol. The third-order valence-corrected chi connectivity index (χ3v) is 9.45. The molecule has 0 atom stereocenters. The predicted octanol–water partition coefficient (Wildman–Crippen LogP) is 4.44. The van der Waals surface area contributed by atoms with Gasteiger partial charge in [-0.25, -0.2) is 8.78 Å². The van der Waals surface area contributed by atoms with Crippen molar-refractivity contribution in [1.82, 2.24) is 0 Å². The maximum Gasteiger partial charge on any atom is 1.00 e. The predicted molar refractivity (Wildman–Crippen MR) is 152 cm³/mol. The van der Waals surface area contributed by atoms with E-state index in [0.29, 0.717) is 45.7 Å². The molecule has 2 aromatic carbocycles. The van der Waals surface area contributed by atoms with Crippen LogP contribution in [0, 0.1) is 20.8 Å². The maximum absolute atomic E-state index is 14.4. The quantitative estimate of drug-likeness (QED) is 0.325. The van der Waals surface area contributed by atoms with Crippen molar-refractivity contribution in [1.29, 1.82) is 0 Å². The Kier molecular flexibility index (Phi) is 15.7. The Morgan fingerprint density at radius 1 is 0.950 bits per heavy atom. The smallest absolute Gasteiger partial charge is 1.00 e. The third-order valence-electron chi connectivity index (χ3n) is 6.92. The first-order valence-electron chi connectivity index (χ1n) is 13.6. The topological polar surface area (TPSA) is 61.8 Å². The number of halogens is 4. The molecule has 0 aromatic heterocycles. The van der Waals surface area contributed by atoms with Crippen LogP contribution in [0.25, 0.3) is 0 Å². The fraction of sp³-hybridized carbons (Fsp3) is 0.586. The molecule has 0 aliphatic carbocycles. The molecule has 2 aliphatic rings. The Labute approximate surface area is 271 Å². The average Bonchev–Trinajstić information content (AvgIpc) is 2.92. The molecule has 0 spiro atoms. The molecule has 2 saturated heterocycles. The molecule has 11 heteroatoms. The van der Waals surface area contributed by atoms with Crippen molar-refractivity contribution >= 4 is 26.0 Å². The van der Waals surface area contributed by atoms with Crippen molar-refractivity contribution in [3.63, 3.8) is 0 Å². The first-order chi connectivity index (χ1) is 18.8. The van der Waals surface area contributed by atoms with E-state index >= 15 is 0 Å². The van der Waals surface area contributed by atoms with Crippen LogP contribution < -0.4 is 29.6 Å². The molecular weight excluding hydrogens is 620 g/mol. The number of alkyl halides is 3. The van der Waals surface area contributed by atoms with Gasteiger partial charge in [0.2, 0.25) is 0 Å². The van der Waals surface area contributed by atoms with Gasteiger partial charge >= 0.3 is 29.6 Å². The van der Waals surface area contributed by atoms with Gasteiger partial charge in [0.25, 0.3) is 10.1 Å². The van der Waals surface area contributed by atoms with E-state index in [4.69, 9.17) is 15.0 Å². The Hall–Kier alpha value is -0.460. The molecule has 2 aromatic rings. The first kappa shape index (κ1) is 35.7. The fourth-order valence-corrected chi connectivity index (χ4v) is 5.57. The number of benzene rings is 2. The second-order valence-corrected chi connectivity index (χ2v) is 12.5. The second kappa shape index (κ2) is 17.6. The minimum atomic E-state index is -3.90. The summed E-state index contributed by atoms with van der Waals surface area (Å²) in [6.45, 7) is 7.29. The zero-order valence-corrected chi connectivity index (χ0v) is 28.3. The zero-order chi connectivity index (χ0) is 29.8. The van der Waals surface area contributed by atoms with E-state index in [1.807, 2.05) is 6.92 Å². The third kappa shape index (κ3) is 12.0. The van der Waals surface area contributed by atoms with E-state index in [0.717, 1.165) is 16.5 Å². The van der Waals surface area contributed by atoms with E-state index in [2.05, 4.69) is 41.9 Å². The molecule has 0 saturated carbocycles. The van der Waals surface area contributed by atoms with Gasteiger partial charge in [-0.1, -0.05) is 45.8 Å². The molecule has 2 aliphatic heterocycles. The molecule has 0 unspecified atom stereocenters. The molecule has 222 valence electrons. The van der Waals surface area contributed by atoms with Crippen molar-refractivity contribution in [2.45, 2.75) is 75.5 Å². The van der Waals surface area contributed by atoms with Crippen molar-refractivity contribution < 1.29 is 67.6 Å². The van der Waals surface area contributed by atoms with E-state index in [1.165, 1.54) is 28.8 Å². The van der Waals surface area contributed by atoms with E-state index < -0.39 is 35.2 Å². The molecule has 4 rings (SSSR count). The van der Waals surface area contributed by atoms with Gasteiger partial charge in [-0.3, -0.25) is 8.57 Å². The van der Waals surface area contributed by atoms with Crippen LogP contribution in [-0.2, 0) is 30.2 Å². The summed E-state index contributed by atoms with van der Waals surface area (Å²) in [5.74, 6) is 0. The van der Waals surface area contributed by atoms with Gasteiger partial charge in [0.05, 0.1) is 13.4 Å². The summed E-state index contributed by atoms with van der Waals surface area (Å²) in [7, 11) is -4.90. The van der Waals surface area contributed by atoms with Crippen LogP contribution in [0.1, 0.15) is 57.2 Å². The molecule has 0 N–H and O–H groups in total. The molecule has 0 radical (unpaired) electrons. The summed E-state index contributed by atoms with van der Waals surface area (Å²) in [6, 6.07) is 10.6. The van der Waals surface area contributed by atoms with Crippen LogP contribution in [0.2, 0.25) is 0 Å². The minimum Gasteiger partial charge on any atom is -1.00 e. The van der Waals surface area contributed by atoms with Gasteiger partial charge in [0.15, 0.2) is 0 Å². The summed E-state index contributed by atoms with van der Waals surface area (Å²) in [5, 5.41) is 0. The van der Waals surface area contributed by atoms with E-state index in [1.54, 1.807) is 12.1 Å². The van der Waals surface area contributed by atoms with Gasteiger partial charge in [-0.05, 0) is 62.4 Å². The van der Waals surface area contributed by atoms with E-state index in [-0.39, 0.29) is 48.7 Å².